The number of hydrogen-bond donors (Lipinski definition) is 2. The van der Waals surface area contributed by atoms with Crippen LogP contribution in [-0.2, 0) is 0 Å². The Morgan fingerprint density at radius 1 is 1.19 bits per heavy atom. The number of H-pyrrole nitrogens is 1. The van der Waals surface area contributed by atoms with Crippen LogP contribution in [0.4, 0.5) is 0 Å². The molecule has 0 spiro atoms. The van der Waals surface area contributed by atoms with Gasteiger partial charge in [-0.15, -0.1) is 0 Å². The van der Waals surface area contributed by atoms with Crippen molar-refractivity contribution in [3.63, 3.8) is 0 Å². The van der Waals surface area contributed by atoms with Crippen molar-refractivity contribution in [2.45, 2.75) is 20.3 Å². The highest BCUT2D eigenvalue weighted by Gasteiger charge is 2.05. The number of hydrogen-bond acceptors (Lipinski definition) is 3. The lowest BCUT2D eigenvalue weighted by molar-refractivity contribution is 0.0955. The molecule has 5 nitrogen and oxygen atoms in total. The van der Waals surface area contributed by atoms with Gasteiger partial charge in [0.1, 0.15) is 5.75 Å². The molecule has 0 aliphatic rings. The van der Waals surface area contributed by atoms with E-state index in [0.29, 0.717) is 18.1 Å². The van der Waals surface area contributed by atoms with Crippen molar-refractivity contribution < 1.29 is 9.53 Å². The Labute approximate surface area is 153 Å². The van der Waals surface area contributed by atoms with E-state index >= 15 is 0 Å². The van der Waals surface area contributed by atoms with Gasteiger partial charge < -0.3 is 9.72 Å². The van der Waals surface area contributed by atoms with Crippen molar-refractivity contribution in [1.82, 2.24) is 10.4 Å². The Hall–Kier alpha value is -3.08. The van der Waals surface area contributed by atoms with E-state index in [1.807, 2.05) is 30.5 Å². The summed E-state index contributed by atoms with van der Waals surface area (Å²) in [6.07, 6.45) is 4.51. The molecule has 0 aliphatic carbocycles. The maximum Gasteiger partial charge on any atom is 0.271 e. The molecule has 0 aliphatic heterocycles. The van der Waals surface area contributed by atoms with Crippen LogP contribution in [0.25, 0.3) is 10.9 Å². The highest BCUT2D eigenvalue weighted by molar-refractivity contribution is 6.00. The predicted molar refractivity (Wildman–Crippen MR) is 105 cm³/mol. The minimum Gasteiger partial charge on any atom is -0.494 e. The number of aromatic amines is 1. The number of hydrazone groups is 1. The summed E-state index contributed by atoms with van der Waals surface area (Å²) in [5.74, 6) is 1.12. The number of nitrogens with zero attached hydrogens (tertiary/aromatic N) is 1. The van der Waals surface area contributed by atoms with Crippen LogP contribution in [0.5, 0.6) is 5.75 Å². The molecule has 1 aromatic heterocycles. The maximum atomic E-state index is 12.2. The molecule has 5 heteroatoms. The van der Waals surface area contributed by atoms with Crippen LogP contribution >= 0.6 is 0 Å². The predicted octanol–water partition coefficient (Wildman–Crippen LogP) is 4.36. The number of nitrogens with one attached hydrogen (secondary N) is 2. The molecule has 3 rings (SSSR count). The molecule has 2 N–H and O–H groups in total. The summed E-state index contributed by atoms with van der Waals surface area (Å²) in [7, 11) is 0. The average molecular weight is 349 g/mol. The molecule has 0 radical (unpaired) electrons. The zero-order chi connectivity index (χ0) is 18.4. The van der Waals surface area contributed by atoms with Crippen LogP contribution in [0, 0.1) is 5.92 Å². The minimum atomic E-state index is -0.255. The van der Waals surface area contributed by atoms with E-state index in [9.17, 15) is 4.79 Å². The number of amides is 1. The van der Waals surface area contributed by atoms with E-state index in [0.717, 1.165) is 28.6 Å². The Morgan fingerprint density at radius 3 is 2.73 bits per heavy atom. The number of benzene rings is 2. The zero-order valence-corrected chi connectivity index (χ0v) is 15.0. The summed E-state index contributed by atoms with van der Waals surface area (Å²) >= 11 is 0. The van der Waals surface area contributed by atoms with E-state index in [-0.39, 0.29) is 5.91 Å². The largest absolute Gasteiger partial charge is 0.494 e. The fourth-order valence-corrected chi connectivity index (χ4v) is 2.54. The second-order valence-electron chi connectivity index (χ2n) is 6.54. The second kappa shape index (κ2) is 8.34. The van der Waals surface area contributed by atoms with Crippen LogP contribution in [-0.4, -0.2) is 23.7 Å². The van der Waals surface area contributed by atoms with E-state index in [1.54, 1.807) is 30.5 Å². The molecule has 2 aromatic carbocycles. The third-order valence-electron chi connectivity index (χ3n) is 4.07. The Kier molecular flexibility index (Phi) is 5.69. The van der Waals surface area contributed by atoms with Crippen LogP contribution in [0.2, 0.25) is 0 Å². The number of aromatic nitrogens is 1. The number of rotatable bonds is 7. The summed E-state index contributed by atoms with van der Waals surface area (Å²) in [4.78, 5) is 15.3. The van der Waals surface area contributed by atoms with Gasteiger partial charge in [-0.2, -0.15) is 5.10 Å². The van der Waals surface area contributed by atoms with Crippen molar-refractivity contribution in [2.75, 3.05) is 6.61 Å². The molecule has 0 saturated carbocycles. The molecule has 0 fully saturated rings. The van der Waals surface area contributed by atoms with E-state index in [4.69, 9.17) is 4.74 Å². The van der Waals surface area contributed by atoms with Gasteiger partial charge in [0.05, 0.1) is 12.8 Å². The van der Waals surface area contributed by atoms with Crippen LogP contribution < -0.4 is 10.2 Å². The SMILES string of the molecule is CC(C)CCOc1ccc(C(=O)N/N=C/c2c[nH]c3ccccc23)cc1. The molecule has 1 amide bonds. The monoisotopic (exact) mass is 349 g/mol. The van der Waals surface area contributed by atoms with Crippen molar-refractivity contribution >= 4 is 23.0 Å². The van der Waals surface area contributed by atoms with Crippen molar-refractivity contribution in [3.8, 4) is 5.75 Å². The van der Waals surface area contributed by atoms with Gasteiger partial charge in [-0.25, -0.2) is 5.43 Å². The Bertz CT molecular complexity index is 895. The summed E-state index contributed by atoms with van der Waals surface area (Å²) in [5, 5.41) is 5.12. The van der Waals surface area contributed by atoms with Gasteiger partial charge in [-0.1, -0.05) is 32.0 Å². The molecule has 0 saturated heterocycles. The van der Waals surface area contributed by atoms with Gasteiger partial charge in [0.15, 0.2) is 0 Å². The van der Waals surface area contributed by atoms with Gasteiger partial charge in [-0.05, 0) is 42.7 Å². The van der Waals surface area contributed by atoms with Crippen LogP contribution in [0.3, 0.4) is 0 Å². The molecule has 1 heterocycles. The standard InChI is InChI=1S/C21H23N3O2/c1-15(2)11-12-26-18-9-7-16(8-10-18)21(25)24-23-14-17-13-22-20-6-4-3-5-19(17)20/h3-10,13-15,22H,11-12H2,1-2H3,(H,24,25)/b23-14+. The first-order chi connectivity index (χ1) is 12.6. The third kappa shape index (κ3) is 4.51. The summed E-state index contributed by atoms with van der Waals surface area (Å²) in [6, 6.07) is 15.0. The quantitative estimate of drug-likeness (QED) is 0.492. The fourth-order valence-electron chi connectivity index (χ4n) is 2.54. The zero-order valence-electron chi connectivity index (χ0n) is 15.0. The van der Waals surface area contributed by atoms with Gasteiger partial charge in [-0.3, -0.25) is 4.79 Å². The van der Waals surface area contributed by atoms with E-state index in [1.165, 1.54) is 0 Å². The smallest absolute Gasteiger partial charge is 0.271 e. The molecular weight excluding hydrogens is 326 g/mol. The maximum absolute atomic E-state index is 12.2. The highest BCUT2D eigenvalue weighted by atomic mass is 16.5. The van der Waals surface area contributed by atoms with Crippen molar-refractivity contribution in [3.05, 3.63) is 65.9 Å². The fraction of sp³-hybridized carbons (Fsp3) is 0.238. The molecule has 26 heavy (non-hydrogen) atoms. The second-order valence-corrected chi connectivity index (χ2v) is 6.54. The van der Waals surface area contributed by atoms with Crippen molar-refractivity contribution in [2.24, 2.45) is 11.0 Å². The molecule has 0 atom stereocenters. The lowest BCUT2D eigenvalue weighted by Crippen LogP contribution is -2.17. The molecule has 3 aromatic rings. The van der Waals surface area contributed by atoms with Gasteiger partial charge in [0, 0.05) is 28.2 Å². The summed E-state index contributed by atoms with van der Waals surface area (Å²) < 4.78 is 5.66. The molecule has 0 unspecified atom stereocenters. The summed E-state index contributed by atoms with van der Waals surface area (Å²) in [5.41, 5.74) is 5.06. The van der Waals surface area contributed by atoms with Gasteiger partial charge >= 0.3 is 0 Å². The first-order valence-electron chi connectivity index (χ1n) is 8.76. The third-order valence-corrected chi connectivity index (χ3v) is 4.07. The first-order valence-corrected chi connectivity index (χ1v) is 8.76. The van der Waals surface area contributed by atoms with Crippen LogP contribution in [0.15, 0.2) is 59.8 Å². The van der Waals surface area contributed by atoms with Gasteiger partial charge in [0.25, 0.3) is 5.91 Å². The average Bonchev–Trinajstić information content (AvgIpc) is 3.05. The summed E-state index contributed by atoms with van der Waals surface area (Å²) in [6.45, 7) is 5.00. The number of para-hydroxylation sites is 1. The van der Waals surface area contributed by atoms with Crippen molar-refractivity contribution in [1.29, 1.82) is 0 Å². The topological polar surface area (TPSA) is 66.5 Å². The van der Waals surface area contributed by atoms with Crippen LogP contribution in [0.1, 0.15) is 36.2 Å². The number of fused-ring (bicyclic) bond motifs is 1. The molecular formula is C21H23N3O2. The normalized spacial score (nSPS) is 11.3. The van der Waals surface area contributed by atoms with Gasteiger partial charge in [0.2, 0.25) is 0 Å². The lowest BCUT2D eigenvalue weighted by atomic mass is 10.1. The first kappa shape index (κ1) is 17.7. The highest BCUT2D eigenvalue weighted by Crippen LogP contribution is 2.16. The molecule has 134 valence electrons. The Balaban J connectivity index is 1.56. The molecule has 0 bridgehead atoms. The number of ether oxygens (including phenoxy) is 1. The number of carbonyl (C=O) groups excluding carboxylic acids is 1. The van der Waals surface area contributed by atoms with E-state index in [2.05, 4.69) is 29.4 Å². The Morgan fingerprint density at radius 2 is 1.96 bits per heavy atom. The lowest BCUT2D eigenvalue weighted by Gasteiger charge is -2.08. The minimum absolute atomic E-state index is 0.255. The van der Waals surface area contributed by atoms with E-state index < -0.39 is 0 Å². The number of carbonyl (C=O) groups is 1.